The Bertz CT molecular complexity index is 963. The van der Waals surface area contributed by atoms with Gasteiger partial charge in [-0.05, 0) is 36.2 Å². The fraction of sp³-hybridized carbons (Fsp3) is 0.316. The highest BCUT2D eigenvalue weighted by Gasteiger charge is 2.17. The molecule has 0 atom stereocenters. The van der Waals surface area contributed by atoms with E-state index in [4.69, 9.17) is 9.47 Å². The van der Waals surface area contributed by atoms with Gasteiger partial charge < -0.3 is 14.4 Å². The Morgan fingerprint density at radius 2 is 1.96 bits per heavy atom. The Labute approximate surface area is 150 Å². The number of benzene rings is 1. The molecule has 0 spiro atoms. The Hall–Kier alpha value is -2.93. The fourth-order valence-corrected chi connectivity index (χ4v) is 3.11. The van der Waals surface area contributed by atoms with Crippen LogP contribution in [0, 0.1) is 0 Å². The molecule has 0 bridgehead atoms. The summed E-state index contributed by atoms with van der Waals surface area (Å²) >= 11 is 0. The number of pyridine rings is 1. The van der Waals surface area contributed by atoms with Crippen LogP contribution in [0.15, 0.2) is 41.3 Å². The van der Waals surface area contributed by atoms with Gasteiger partial charge in [0.15, 0.2) is 5.65 Å². The highest BCUT2D eigenvalue weighted by Crippen LogP contribution is 2.27. The van der Waals surface area contributed by atoms with Gasteiger partial charge in [-0.2, -0.15) is 4.98 Å². The Kier molecular flexibility index (Phi) is 4.53. The van der Waals surface area contributed by atoms with Crippen LogP contribution >= 0.6 is 0 Å². The number of ether oxygens (including phenoxy) is 2. The molecule has 0 amide bonds. The third-order valence-corrected chi connectivity index (χ3v) is 4.38. The summed E-state index contributed by atoms with van der Waals surface area (Å²) in [6, 6.07) is 9.51. The first-order chi connectivity index (χ1) is 12.8. The molecule has 26 heavy (non-hydrogen) atoms. The minimum atomic E-state index is -0.187. The monoisotopic (exact) mass is 352 g/mol. The number of hydrogen-bond donors (Lipinski definition) is 1. The van der Waals surface area contributed by atoms with Gasteiger partial charge in [0.1, 0.15) is 5.75 Å². The van der Waals surface area contributed by atoms with E-state index in [9.17, 15) is 4.79 Å². The average Bonchev–Trinajstić information content (AvgIpc) is 2.69. The molecule has 0 saturated carbocycles. The zero-order chi connectivity index (χ0) is 17.9. The zero-order valence-electron chi connectivity index (χ0n) is 14.6. The predicted molar refractivity (Wildman–Crippen MR) is 99.8 cm³/mol. The van der Waals surface area contributed by atoms with Crippen LogP contribution in [0.3, 0.4) is 0 Å². The number of fused-ring (bicyclic) bond motifs is 1. The lowest BCUT2D eigenvalue weighted by atomic mass is 10.0. The first kappa shape index (κ1) is 16.5. The van der Waals surface area contributed by atoms with Gasteiger partial charge in [-0.3, -0.25) is 9.78 Å². The van der Waals surface area contributed by atoms with E-state index < -0.39 is 0 Å². The molecule has 1 fully saturated rings. The molecule has 1 N–H and O–H groups in total. The summed E-state index contributed by atoms with van der Waals surface area (Å²) in [5.74, 6) is 1.35. The molecule has 4 rings (SSSR count). The van der Waals surface area contributed by atoms with Crippen molar-refractivity contribution in [2.75, 3.05) is 37.8 Å². The van der Waals surface area contributed by atoms with Crippen molar-refractivity contribution in [1.82, 2.24) is 15.0 Å². The molecular weight excluding hydrogens is 332 g/mol. The second-order valence-corrected chi connectivity index (χ2v) is 6.00. The second kappa shape index (κ2) is 7.13. The van der Waals surface area contributed by atoms with Crippen molar-refractivity contribution in [3.63, 3.8) is 0 Å². The molecule has 1 aliphatic rings. The molecule has 1 aliphatic heterocycles. The molecule has 3 heterocycles. The van der Waals surface area contributed by atoms with Crippen LogP contribution < -0.4 is 15.2 Å². The molecule has 0 aliphatic carbocycles. The van der Waals surface area contributed by atoms with E-state index in [0.29, 0.717) is 49.9 Å². The van der Waals surface area contributed by atoms with Gasteiger partial charge in [-0.1, -0.05) is 12.1 Å². The SMILES string of the molecule is CCOc1ccc(-c2ccnc3nc(N4CCOCC4)[nH]c(=O)c23)cc1. The van der Waals surface area contributed by atoms with Crippen molar-refractivity contribution >= 4 is 17.0 Å². The van der Waals surface area contributed by atoms with Crippen LogP contribution in [-0.4, -0.2) is 47.9 Å². The van der Waals surface area contributed by atoms with Crippen LogP contribution in [-0.2, 0) is 4.74 Å². The third kappa shape index (κ3) is 3.13. The topological polar surface area (TPSA) is 80.3 Å². The van der Waals surface area contributed by atoms with Crippen LogP contribution in [0.2, 0.25) is 0 Å². The molecule has 7 heteroatoms. The standard InChI is InChI=1S/C19H20N4O3/c1-2-26-14-5-3-13(4-6-14)15-7-8-20-17-16(15)18(24)22-19(21-17)23-9-11-25-12-10-23/h3-8H,2,9-12H2,1H3,(H,20,21,22,24). The van der Waals surface area contributed by atoms with Gasteiger partial charge in [-0.25, -0.2) is 4.98 Å². The lowest BCUT2D eigenvalue weighted by molar-refractivity contribution is 0.122. The normalized spacial score (nSPS) is 14.6. The average molecular weight is 352 g/mol. The van der Waals surface area contributed by atoms with Crippen molar-refractivity contribution in [2.24, 2.45) is 0 Å². The molecule has 3 aromatic rings. The van der Waals surface area contributed by atoms with Gasteiger partial charge >= 0.3 is 0 Å². The summed E-state index contributed by atoms with van der Waals surface area (Å²) in [6.45, 7) is 5.22. The van der Waals surface area contributed by atoms with E-state index in [-0.39, 0.29) is 5.56 Å². The summed E-state index contributed by atoms with van der Waals surface area (Å²) in [6.07, 6.45) is 1.68. The van der Waals surface area contributed by atoms with Gasteiger partial charge in [0.2, 0.25) is 5.95 Å². The third-order valence-electron chi connectivity index (χ3n) is 4.38. The summed E-state index contributed by atoms with van der Waals surface area (Å²) < 4.78 is 10.8. The number of morpholine rings is 1. The molecule has 134 valence electrons. The van der Waals surface area contributed by atoms with E-state index in [1.165, 1.54) is 0 Å². The number of hydrogen-bond acceptors (Lipinski definition) is 6. The van der Waals surface area contributed by atoms with Crippen molar-refractivity contribution in [3.05, 3.63) is 46.9 Å². The van der Waals surface area contributed by atoms with Gasteiger partial charge in [0.05, 0.1) is 25.2 Å². The van der Waals surface area contributed by atoms with E-state index in [0.717, 1.165) is 16.9 Å². The minimum Gasteiger partial charge on any atom is -0.494 e. The number of rotatable bonds is 4. The maximum Gasteiger partial charge on any atom is 0.262 e. The van der Waals surface area contributed by atoms with Gasteiger partial charge in [0.25, 0.3) is 5.56 Å². The number of H-pyrrole nitrogens is 1. The van der Waals surface area contributed by atoms with Crippen LogP contribution in [0.5, 0.6) is 5.75 Å². The smallest absolute Gasteiger partial charge is 0.262 e. The first-order valence-corrected chi connectivity index (χ1v) is 8.71. The maximum absolute atomic E-state index is 12.8. The van der Waals surface area contributed by atoms with Crippen LogP contribution in [0.25, 0.3) is 22.2 Å². The van der Waals surface area contributed by atoms with Crippen LogP contribution in [0.4, 0.5) is 5.95 Å². The van der Waals surface area contributed by atoms with Gasteiger partial charge in [0, 0.05) is 19.3 Å². The quantitative estimate of drug-likeness (QED) is 0.775. The van der Waals surface area contributed by atoms with E-state index >= 15 is 0 Å². The first-order valence-electron chi connectivity index (χ1n) is 8.71. The molecule has 7 nitrogen and oxygen atoms in total. The fourth-order valence-electron chi connectivity index (χ4n) is 3.11. The molecular formula is C19H20N4O3. The van der Waals surface area contributed by atoms with Crippen molar-refractivity contribution in [3.8, 4) is 16.9 Å². The largest absolute Gasteiger partial charge is 0.494 e. The highest BCUT2D eigenvalue weighted by atomic mass is 16.5. The van der Waals surface area contributed by atoms with E-state index in [1.54, 1.807) is 6.20 Å². The minimum absolute atomic E-state index is 0.187. The number of anilines is 1. The summed E-state index contributed by atoms with van der Waals surface area (Å²) in [7, 11) is 0. The second-order valence-electron chi connectivity index (χ2n) is 6.00. The van der Waals surface area contributed by atoms with E-state index in [2.05, 4.69) is 15.0 Å². The summed E-state index contributed by atoms with van der Waals surface area (Å²) in [5, 5.41) is 0.494. The van der Waals surface area contributed by atoms with Crippen molar-refractivity contribution in [1.29, 1.82) is 0 Å². The molecule has 1 aromatic carbocycles. The molecule has 0 radical (unpaired) electrons. The molecule has 2 aromatic heterocycles. The highest BCUT2D eigenvalue weighted by molar-refractivity contribution is 5.92. The summed E-state index contributed by atoms with van der Waals surface area (Å²) in [4.78, 5) is 26.6. The Morgan fingerprint density at radius 3 is 2.69 bits per heavy atom. The van der Waals surface area contributed by atoms with Crippen molar-refractivity contribution < 1.29 is 9.47 Å². The van der Waals surface area contributed by atoms with Crippen LogP contribution in [0.1, 0.15) is 6.92 Å². The van der Waals surface area contributed by atoms with Crippen molar-refractivity contribution in [2.45, 2.75) is 6.92 Å². The summed E-state index contributed by atoms with van der Waals surface area (Å²) in [5.41, 5.74) is 1.99. The Morgan fingerprint density at radius 1 is 1.19 bits per heavy atom. The molecule has 0 unspecified atom stereocenters. The lowest BCUT2D eigenvalue weighted by Gasteiger charge is -2.27. The number of aromatic amines is 1. The lowest BCUT2D eigenvalue weighted by Crippen LogP contribution is -2.38. The zero-order valence-corrected chi connectivity index (χ0v) is 14.6. The van der Waals surface area contributed by atoms with Gasteiger partial charge in [-0.15, -0.1) is 0 Å². The number of nitrogens with one attached hydrogen (secondary N) is 1. The maximum atomic E-state index is 12.8. The number of nitrogens with zero attached hydrogens (tertiary/aromatic N) is 3. The Balaban J connectivity index is 1.77. The predicted octanol–water partition coefficient (Wildman–Crippen LogP) is 2.22. The van der Waals surface area contributed by atoms with E-state index in [1.807, 2.05) is 42.2 Å². The number of aromatic nitrogens is 3. The molecule has 1 saturated heterocycles.